The minimum Gasteiger partial charge on any atom is -0.352 e. The smallest absolute Gasteiger partial charge is 0.223 e. The second-order valence-electron chi connectivity index (χ2n) is 4.27. The second-order valence-corrected chi connectivity index (χ2v) is 5.12. The molecule has 0 aliphatic heterocycles. The molecule has 0 spiro atoms. The van der Waals surface area contributed by atoms with E-state index in [1.54, 1.807) is 12.1 Å². The molecule has 1 saturated carbocycles. The number of carbonyl (C=O) groups is 1. The third kappa shape index (κ3) is 2.69. The molecule has 0 aromatic heterocycles. The van der Waals surface area contributed by atoms with Gasteiger partial charge in [0.25, 0.3) is 0 Å². The zero-order valence-electron chi connectivity index (χ0n) is 8.97. The van der Waals surface area contributed by atoms with Gasteiger partial charge in [0.05, 0.1) is 0 Å². The van der Waals surface area contributed by atoms with E-state index in [4.69, 9.17) is 23.2 Å². The van der Waals surface area contributed by atoms with Gasteiger partial charge in [-0.15, -0.1) is 0 Å². The Balaban J connectivity index is 1.92. The summed E-state index contributed by atoms with van der Waals surface area (Å²) in [5.41, 5.74) is 0.896. The fraction of sp³-hybridized carbons (Fsp3) is 0.417. The summed E-state index contributed by atoms with van der Waals surface area (Å²) < 4.78 is 0. The van der Waals surface area contributed by atoms with E-state index in [2.05, 4.69) is 12.2 Å². The number of halogens is 2. The first-order chi connectivity index (χ1) is 7.58. The second kappa shape index (κ2) is 4.64. The molecule has 0 unspecified atom stereocenters. The molecule has 16 heavy (non-hydrogen) atoms. The molecule has 1 amide bonds. The van der Waals surface area contributed by atoms with Crippen molar-refractivity contribution in [1.29, 1.82) is 0 Å². The minimum absolute atomic E-state index is 0.124. The van der Waals surface area contributed by atoms with Crippen LogP contribution in [0.4, 0.5) is 0 Å². The SMILES string of the molecule is C[C@@H]1C[C@H]1C(=O)NCc1ccc(Cl)cc1Cl. The van der Waals surface area contributed by atoms with E-state index < -0.39 is 0 Å². The van der Waals surface area contributed by atoms with Gasteiger partial charge in [0, 0.05) is 22.5 Å². The van der Waals surface area contributed by atoms with Crippen LogP contribution in [0.1, 0.15) is 18.9 Å². The van der Waals surface area contributed by atoms with Gasteiger partial charge in [0.2, 0.25) is 5.91 Å². The van der Waals surface area contributed by atoms with Crippen molar-refractivity contribution < 1.29 is 4.79 Å². The van der Waals surface area contributed by atoms with Gasteiger partial charge in [0.15, 0.2) is 0 Å². The minimum atomic E-state index is 0.124. The third-order valence-electron chi connectivity index (χ3n) is 2.91. The molecule has 2 nitrogen and oxygen atoms in total. The van der Waals surface area contributed by atoms with Crippen LogP contribution < -0.4 is 5.32 Å². The van der Waals surface area contributed by atoms with E-state index in [0.717, 1.165) is 12.0 Å². The maximum atomic E-state index is 11.6. The normalized spacial score (nSPS) is 22.9. The van der Waals surface area contributed by atoms with Crippen LogP contribution in [0.3, 0.4) is 0 Å². The van der Waals surface area contributed by atoms with Gasteiger partial charge in [-0.3, -0.25) is 4.79 Å². The highest BCUT2D eigenvalue weighted by Gasteiger charge is 2.38. The molecule has 4 heteroatoms. The zero-order valence-corrected chi connectivity index (χ0v) is 10.5. The van der Waals surface area contributed by atoms with Crippen molar-refractivity contribution >= 4 is 29.1 Å². The molecule has 0 radical (unpaired) electrons. The molecule has 2 rings (SSSR count). The Morgan fingerprint density at radius 2 is 2.19 bits per heavy atom. The maximum Gasteiger partial charge on any atom is 0.223 e. The van der Waals surface area contributed by atoms with Gasteiger partial charge in [-0.1, -0.05) is 36.2 Å². The molecule has 1 N–H and O–H groups in total. The van der Waals surface area contributed by atoms with Gasteiger partial charge in [-0.25, -0.2) is 0 Å². The zero-order chi connectivity index (χ0) is 11.7. The number of hydrogen-bond acceptors (Lipinski definition) is 1. The first-order valence-electron chi connectivity index (χ1n) is 5.29. The predicted octanol–water partition coefficient (Wildman–Crippen LogP) is 3.27. The van der Waals surface area contributed by atoms with Gasteiger partial charge < -0.3 is 5.32 Å². The molecule has 1 aromatic rings. The van der Waals surface area contributed by atoms with E-state index in [1.165, 1.54) is 0 Å². The Bertz CT molecular complexity index is 419. The van der Waals surface area contributed by atoms with Gasteiger partial charge in [-0.2, -0.15) is 0 Å². The van der Waals surface area contributed by atoms with Crippen molar-refractivity contribution in [3.63, 3.8) is 0 Å². The lowest BCUT2D eigenvalue weighted by Gasteiger charge is -2.06. The molecular formula is C12H13Cl2NO. The maximum absolute atomic E-state index is 11.6. The van der Waals surface area contributed by atoms with Crippen molar-refractivity contribution in [3.8, 4) is 0 Å². The monoisotopic (exact) mass is 257 g/mol. The lowest BCUT2D eigenvalue weighted by atomic mass is 10.2. The fourth-order valence-electron chi connectivity index (χ4n) is 1.67. The lowest BCUT2D eigenvalue weighted by molar-refractivity contribution is -0.122. The number of rotatable bonds is 3. The lowest BCUT2D eigenvalue weighted by Crippen LogP contribution is -2.24. The largest absolute Gasteiger partial charge is 0.352 e. The highest BCUT2D eigenvalue weighted by molar-refractivity contribution is 6.35. The standard InChI is InChI=1S/C12H13Cl2NO/c1-7-4-10(7)12(16)15-6-8-2-3-9(13)5-11(8)14/h2-3,5,7,10H,4,6H2,1H3,(H,15,16)/t7-,10-/m1/s1. The number of hydrogen-bond donors (Lipinski definition) is 1. The number of carbonyl (C=O) groups excluding carboxylic acids is 1. The van der Waals surface area contributed by atoms with E-state index in [0.29, 0.717) is 22.5 Å². The summed E-state index contributed by atoms with van der Waals surface area (Å²) in [4.78, 5) is 11.6. The molecule has 0 heterocycles. The van der Waals surface area contributed by atoms with Crippen LogP contribution in [0.25, 0.3) is 0 Å². The Labute approximate surface area is 105 Å². The Kier molecular flexibility index (Phi) is 3.41. The molecule has 0 bridgehead atoms. The average molecular weight is 258 g/mol. The van der Waals surface area contributed by atoms with Gasteiger partial charge >= 0.3 is 0 Å². The van der Waals surface area contributed by atoms with Crippen molar-refractivity contribution in [2.45, 2.75) is 19.9 Å². The van der Waals surface area contributed by atoms with E-state index >= 15 is 0 Å². The molecule has 86 valence electrons. The van der Waals surface area contributed by atoms with Crippen molar-refractivity contribution in [2.75, 3.05) is 0 Å². The summed E-state index contributed by atoms with van der Waals surface area (Å²) in [5.74, 6) is 0.852. The highest BCUT2D eigenvalue weighted by atomic mass is 35.5. The highest BCUT2D eigenvalue weighted by Crippen LogP contribution is 2.37. The summed E-state index contributed by atoms with van der Waals surface area (Å²) in [7, 11) is 0. The molecule has 1 aromatic carbocycles. The van der Waals surface area contributed by atoms with Gasteiger partial charge in [0.1, 0.15) is 0 Å². The Morgan fingerprint density at radius 3 is 2.75 bits per heavy atom. The fourth-order valence-corrected chi connectivity index (χ4v) is 2.14. The Morgan fingerprint density at radius 1 is 1.50 bits per heavy atom. The van der Waals surface area contributed by atoms with Crippen LogP contribution in [0.5, 0.6) is 0 Å². The first kappa shape index (κ1) is 11.7. The van der Waals surface area contributed by atoms with Crippen LogP contribution >= 0.6 is 23.2 Å². The molecule has 1 aliphatic rings. The summed E-state index contributed by atoms with van der Waals surface area (Å²) in [5, 5.41) is 4.09. The average Bonchev–Trinajstić information content (AvgIpc) is 2.94. The summed E-state index contributed by atoms with van der Waals surface area (Å²) in [6.45, 7) is 2.55. The summed E-state index contributed by atoms with van der Waals surface area (Å²) in [6, 6.07) is 5.29. The topological polar surface area (TPSA) is 29.1 Å². The van der Waals surface area contributed by atoms with E-state index in [9.17, 15) is 4.79 Å². The van der Waals surface area contributed by atoms with Crippen LogP contribution in [-0.2, 0) is 11.3 Å². The van der Waals surface area contributed by atoms with Crippen LogP contribution in [0.15, 0.2) is 18.2 Å². The third-order valence-corrected chi connectivity index (χ3v) is 3.50. The van der Waals surface area contributed by atoms with Crippen LogP contribution in [-0.4, -0.2) is 5.91 Å². The summed E-state index contributed by atoms with van der Waals surface area (Å²) in [6.07, 6.45) is 1.00. The predicted molar refractivity (Wildman–Crippen MR) is 65.6 cm³/mol. The van der Waals surface area contributed by atoms with Crippen LogP contribution in [0.2, 0.25) is 10.0 Å². The molecule has 0 saturated heterocycles. The van der Waals surface area contributed by atoms with E-state index in [1.807, 2.05) is 6.07 Å². The molecule has 1 fully saturated rings. The molecule has 1 aliphatic carbocycles. The van der Waals surface area contributed by atoms with E-state index in [-0.39, 0.29) is 11.8 Å². The Hall–Kier alpha value is -0.730. The molecular weight excluding hydrogens is 245 g/mol. The molecule has 2 atom stereocenters. The van der Waals surface area contributed by atoms with Gasteiger partial charge in [-0.05, 0) is 30.0 Å². The number of amides is 1. The van der Waals surface area contributed by atoms with Crippen LogP contribution in [0, 0.1) is 11.8 Å². The summed E-state index contributed by atoms with van der Waals surface area (Å²) >= 11 is 11.8. The quantitative estimate of drug-likeness (QED) is 0.885. The van der Waals surface area contributed by atoms with Crippen molar-refractivity contribution in [1.82, 2.24) is 5.32 Å². The number of benzene rings is 1. The number of nitrogens with one attached hydrogen (secondary N) is 1. The first-order valence-corrected chi connectivity index (χ1v) is 6.05. The van der Waals surface area contributed by atoms with Crippen molar-refractivity contribution in [3.05, 3.63) is 33.8 Å². The van der Waals surface area contributed by atoms with Crippen molar-refractivity contribution in [2.24, 2.45) is 11.8 Å².